The number of aromatic nitrogens is 2. The van der Waals surface area contributed by atoms with E-state index in [0.29, 0.717) is 5.69 Å². The molecule has 2 rings (SSSR count). The Balaban J connectivity index is 2.59. The molecule has 7 heteroatoms. The first-order valence-corrected chi connectivity index (χ1v) is 6.69. The first kappa shape index (κ1) is 15.7. The Morgan fingerprint density at radius 3 is 2.64 bits per heavy atom. The molecule has 0 bridgehead atoms. The molecular formula is C15H15FN2O4. The molecule has 0 unspecified atom stereocenters. The molecule has 2 aromatic rings. The molecule has 0 spiro atoms. The summed E-state index contributed by atoms with van der Waals surface area (Å²) in [5.74, 6) is -1.19. The molecule has 1 heterocycles. The molecule has 0 radical (unpaired) electrons. The lowest BCUT2D eigenvalue weighted by molar-refractivity contribution is -0.143. The van der Waals surface area contributed by atoms with E-state index in [1.54, 1.807) is 13.8 Å². The summed E-state index contributed by atoms with van der Waals surface area (Å²) >= 11 is 0. The second kappa shape index (κ2) is 6.38. The van der Waals surface area contributed by atoms with Crippen molar-refractivity contribution < 1.29 is 13.9 Å². The van der Waals surface area contributed by atoms with Crippen LogP contribution in [-0.2, 0) is 16.1 Å². The monoisotopic (exact) mass is 306 g/mol. The largest absolute Gasteiger partial charge is 0.465 e. The number of carbonyl (C=O) groups is 1. The van der Waals surface area contributed by atoms with Crippen LogP contribution in [0.5, 0.6) is 0 Å². The van der Waals surface area contributed by atoms with Gasteiger partial charge >= 0.3 is 11.7 Å². The predicted molar refractivity (Wildman–Crippen MR) is 77.6 cm³/mol. The van der Waals surface area contributed by atoms with Crippen LogP contribution in [0.3, 0.4) is 0 Å². The average Bonchev–Trinajstić information content (AvgIpc) is 2.43. The van der Waals surface area contributed by atoms with Gasteiger partial charge in [-0.3, -0.25) is 14.2 Å². The van der Waals surface area contributed by atoms with Gasteiger partial charge in [0.05, 0.1) is 12.3 Å². The summed E-state index contributed by atoms with van der Waals surface area (Å²) in [6.45, 7) is 2.85. The van der Waals surface area contributed by atoms with Crippen LogP contribution in [0.25, 0.3) is 5.69 Å². The molecule has 22 heavy (non-hydrogen) atoms. The molecule has 116 valence electrons. The minimum Gasteiger partial charge on any atom is -0.465 e. The van der Waals surface area contributed by atoms with E-state index in [-0.39, 0.29) is 12.3 Å². The number of rotatable bonds is 4. The van der Waals surface area contributed by atoms with Gasteiger partial charge in [0.1, 0.15) is 12.4 Å². The highest BCUT2D eigenvalue weighted by Gasteiger charge is 2.14. The SMILES string of the molecule is CCOC(=O)Cn1c(=O)cc(C)n(-c2cccc(F)c2)c1=O. The summed E-state index contributed by atoms with van der Waals surface area (Å²) < 4.78 is 20.0. The normalized spacial score (nSPS) is 10.5. The molecule has 1 aromatic carbocycles. The number of nitrogens with zero attached hydrogens (tertiary/aromatic N) is 2. The van der Waals surface area contributed by atoms with E-state index < -0.39 is 29.6 Å². The maximum absolute atomic E-state index is 13.3. The van der Waals surface area contributed by atoms with E-state index >= 15 is 0 Å². The Morgan fingerprint density at radius 1 is 1.27 bits per heavy atom. The van der Waals surface area contributed by atoms with Gasteiger partial charge < -0.3 is 4.74 Å². The van der Waals surface area contributed by atoms with Gasteiger partial charge in [0, 0.05) is 11.8 Å². The Labute approximate surface area is 125 Å². The third kappa shape index (κ3) is 3.13. The highest BCUT2D eigenvalue weighted by atomic mass is 19.1. The number of hydrogen-bond acceptors (Lipinski definition) is 4. The average molecular weight is 306 g/mol. The molecule has 0 N–H and O–H groups in total. The summed E-state index contributed by atoms with van der Waals surface area (Å²) in [6, 6.07) is 6.63. The van der Waals surface area contributed by atoms with Crippen LogP contribution in [0.4, 0.5) is 4.39 Å². The van der Waals surface area contributed by atoms with Crippen LogP contribution < -0.4 is 11.2 Å². The molecule has 0 saturated carbocycles. The fraction of sp³-hybridized carbons (Fsp3) is 0.267. The van der Waals surface area contributed by atoms with E-state index in [1.807, 2.05) is 0 Å². The van der Waals surface area contributed by atoms with Crippen LogP contribution in [0.15, 0.2) is 39.9 Å². The Morgan fingerprint density at radius 2 is 2.00 bits per heavy atom. The number of ether oxygens (including phenoxy) is 1. The highest BCUT2D eigenvalue weighted by Crippen LogP contribution is 2.09. The lowest BCUT2D eigenvalue weighted by Gasteiger charge is -2.13. The number of hydrogen-bond donors (Lipinski definition) is 0. The van der Waals surface area contributed by atoms with E-state index in [0.717, 1.165) is 4.57 Å². The summed E-state index contributed by atoms with van der Waals surface area (Å²) in [7, 11) is 0. The van der Waals surface area contributed by atoms with Gasteiger partial charge in [0.15, 0.2) is 0 Å². The molecule has 0 saturated heterocycles. The molecule has 0 aliphatic rings. The number of esters is 1. The third-order valence-electron chi connectivity index (χ3n) is 3.03. The number of halogens is 1. The summed E-state index contributed by atoms with van der Waals surface area (Å²) in [4.78, 5) is 35.9. The van der Waals surface area contributed by atoms with Gasteiger partial charge in [-0.1, -0.05) is 6.07 Å². The molecule has 0 amide bonds. The molecule has 6 nitrogen and oxygen atoms in total. The van der Waals surface area contributed by atoms with Crippen molar-refractivity contribution in [2.24, 2.45) is 0 Å². The zero-order valence-electron chi connectivity index (χ0n) is 12.2. The maximum atomic E-state index is 13.3. The fourth-order valence-electron chi connectivity index (χ4n) is 2.10. The Bertz CT molecular complexity index is 823. The second-order valence-corrected chi connectivity index (χ2v) is 4.61. The minimum atomic E-state index is -0.719. The molecule has 0 aliphatic carbocycles. The zero-order chi connectivity index (χ0) is 16.3. The van der Waals surface area contributed by atoms with Crippen LogP contribution in [0, 0.1) is 12.7 Å². The number of carbonyl (C=O) groups excluding carboxylic acids is 1. The molecule has 0 aliphatic heterocycles. The van der Waals surface area contributed by atoms with Crippen molar-refractivity contribution >= 4 is 5.97 Å². The lowest BCUT2D eigenvalue weighted by Crippen LogP contribution is -2.41. The van der Waals surface area contributed by atoms with Gasteiger partial charge in [-0.25, -0.2) is 13.8 Å². The lowest BCUT2D eigenvalue weighted by atomic mass is 10.3. The van der Waals surface area contributed by atoms with Crippen molar-refractivity contribution in [1.29, 1.82) is 0 Å². The van der Waals surface area contributed by atoms with Crippen LogP contribution in [-0.4, -0.2) is 21.7 Å². The molecular weight excluding hydrogens is 291 g/mol. The van der Waals surface area contributed by atoms with E-state index in [4.69, 9.17) is 4.74 Å². The van der Waals surface area contributed by atoms with Gasteiger partial charge in [0.25, 0.3) is 5.56 Å². The maximum Gasteiger partial charge on any atom is 0.336 e. The predicted octanol–water partition coefficient (Wildman–Crippen LogP) is 1.01. The molecule has 0 fully saturated rings. The van der Waals surface area contributed by atoms with Crippen molar-refractivity contribution in [2.45, 2.75) is 20.4 Å². The van der Waals surface area contributed by atoms with Gasteiger partial charge in [-0.2, -0.15) is 0 Å². The molecule has 1 aromatic heterocycles. The van der Waals surface area contributed by atoms with Gasteiger partial charge in [-0.05, 0) is 32.0 Å². The van der Waals surface area contributed by atoms with Crippen molar-refractivity contribution in [1.82, 2.24) is 9.13 Å². The smallest absolute Gasteiger partial charge is 0.336 e. The molecule has 0 atom stereocenters. The van der Waals surface area contributed by atoms with Crippen molar-refractivity contribution in [2.75, 3.05) is 6.61 Å². The van der Waals surface area contributed by atoms with E-state index in [2.05, 4.69) is 0 Å². The Kier molecular flexibility index (Phi) is 4.55. The van der Waals surface area contributed by atoms with E-state index in [9.17, 15) is 18.8 Å². The number of aryl methyl sites for hydroxylation is 1. The summed E-state index contributed by atoms with van der Waals surface area (Å²) in [5, 5.41) is 0. The Hall–Kier alpha value is -2.70. The second-order valence-electron chi connectivity index (χ2n) is 4.61. The van der Waals surface area contributed by atoms with Gasteiger partial charge in [0.2, 0.25) is 0 Å². The first-order valence-electron chi connectivity index (χ1n) is 6.69. The topological polar surface area (TPSA) is 70.3 Å². The first-order chi connectivity index (χ1) is 10.4. The fourth-order valence-corrected chi connectivity index (χ4v) is 2.10. The van der Waals surface area contributed by atoms with Gasteiger partial charge in [-0.15, -0.1) is 0 Å². The van der Waals surface area contributed by atoms with Crippen LogP contribution >= 0.6 is 0 Å². The summed E-state index contributed by atoms with van der Waals surface area (Å²) in [5.41, 5.74) is -0.701. The standard InChI is InChI=1S/C15H15FN2O4/c1-3-22-14(20)9-17-13(19)7-10(2)18(15(17)21)12-6-4-5-11(16)8-12/h4-8H,3,9H2,1-2H3. The van der Waals surface area contributed by atoms with Crippen molar-refractivity contribution in [3.05, 3.63) is 62.7 Å². The van der Waals surface area contributed by atoms with Crippen LogP contribution in [0.2, 0.25) is 0 Å². The van der Waals surface area contributed by atoms with Crippen LogP contribution in [0.1, 0.15) is 12.6 Å². The third-order valence-corrected chi connectivity index (χ3v) is 3.03. The summed E-state index contributed by atoms with van der Waals surface area (Å²) in [6.07, 6.45) is 0. The number of benzene rings is 1. The zero-order valence-corrected chi connectivity index (χ0v) is 12.2. The minimum absolute atomic E-state index is 0.150. The quantitative estimate of drug-likeness (QED) is 0.791. The highest BCUT2D eigenvalue weighted by molar-refractivity contribution is 5.69. The van der Waals surface area contributed by atoms with Crippen molar-refractivity contribution in [3.63, 3.8) is 0 Å². The van der Waals surface area contributed by atoms with Crippen molar-refractivity contribution in [3.8, 4) is 5.69 Å². The van der Waals surface area contributed by atoms with E-state index in [1.165, 1.54) is 34.9 Å².